The molecule has 0 aliphatic carbocycles. The quantitative estimate of drug-likeness (QED) is 0.421. The van der Waals surface area contributed by atoms with Crippen LogP contribution in [0.5, 0.6) is 0 Å². The topological polar surface area (TPSA) is 46.6 Å². The largest absolute Gasteiger partial charge is 0.465 e. The summed E-state index contributed by atoms with van der Waals surface area (Å²) in [6.45, 7) is 7.98. The lowest BCUT2D eigenvalue weighted by molar-refractivity contribution is -0.147. The second-order valence-corrected chi connectivity index (χ2v) is 5.44. The van der Waals surface area contributed by atoms with Crippen molar-refractivity contribution in [2.45, 2.75) is 18.7 Å². The van der Waals surface area contributed by atoms with Gasteiger partial charge >= 0.3 is 5.97 Å². The van der Waals surface area contributed by atoms with Gasteiger partial charge in [-0.15, -0.1) is 18.3 Å². The van der Waals surface area contributed by atoms with Crippen LogP contribution in [0.4, 0.5) is 0 Å². The van der Waals surface area contributed by atoms with E-state index in [2.05, 4.69) is 6.58 Å². The van der Waals surface area contributed by atoms with Crippen LogP contribution in [0.2, 0.25) is 0 Å². The Morgan fingerprint density at radius 1 is 1.38 bits per heavy atom. The van der Waals surface area contributed by atoms with E-state index in [9.17, 15) is 9.59 Å². The van der Waals surface area contributed by atoms with Gasteiger partial charge in [-0.3, -0.25) is 9.59 Å². The van der Waals surface area contributed by atoms with Crippen molar-refractivity contribution in [2.75, 3.05) is 25.4 Å². The number of ether oxygens (including phenoxy) is 1. The van der Waals surface area contributed by atoms with E-state index in [-0.39, 0.29) is 18.2 Å². The SMILES string of the molecule is C=CCN(CC(=O)OCC)C(=O)CSc1ccccc1C. The third kappa shape index (κ3) is 6.04. The third-order valence-electron chi connectivity index (χ3n) is 2.77. The maximum atomic E-state index is 12.2. The summed E-state index contributed by atoms with van der Waals surface area (Å²) >= 11 is 1.47. The number of nitrogens with zero attached hydrogens (tertiary/aromatic N) is 1. The molecule has 21 heavy (non-hydrogen) atoms. The first-order chi connectivity index (χ1) is 10.1. The van der Waals surface area contributed by atoms with Gasteiger partial charge in [-0.1, -0.05) is 24.3 Å². The number of esters is 1. The average molecular weight is 307 g/mol. The van der Waals surface area contributed by atoms with E-state index in [1.165, 1.54) is 16.7 Å². The first kappa shape index (κ1) is 17.3. The van der Waals surface area contributed by atoms with Gasteiger partial charge in [0.2, 0.25) is 5.91 Å². The summed E-state index contributed by atoms with van der Waals surface area (Å²) in [6.07, 6.45) is 1.61. The Morgan fingerprint density at radius 2 is 2.10 bits per heavy atom. The minimum Gasteiger partial charge on any atom is -0.465 e. The number of rotatable bonds is 8. The molecule has 5 heteroatoms. The summed E-state index contributed by atoms with van der Waals surface area (Å²) in [4.78, 5) is 26.2. The molecule has 0 radical (unpaired) electrons. The number of carbonyl (C=O) groups is 2. The lowest BCUT2D eigenvalue weighted by atomic mass is 10.2. The monoisotopic (exact) mass is 307 g/mol. The Kier molecular flexibility index (Phi) is 7.61. The fourth-order valence-corrected chi connectivity index (χ4v) is 2.65. The second kappa shape index (κ2) is 9.23. The van der Waals surface area contributed by atoms with Gasteiger partial charge in [-0.05, 0) is 25.5 Å². The number of hydrogen-bond acceptors (Lipinski definition) is 4. The fourth-order valence-electron chi connectivity index (χ4n) is 1.72. The maximum Gasteiger partial charge on any atom is 0.325 e. The third-order valence-corrected chi connectivity index (χ3v) is 3.93. The van der Waals surface area contributed by atoms with Crippen LogP contribution < -0.4 is 0 Å². The van der Waals surface area contributed by atoms with Crippen LogP contribution in [0.1, 0.15) is 12.5 Å². The van der Waals surface area contributed by atoms with Crippen LogP contribution in [-0.4, -0.2) is 42.2 Å². The summed E-state index contributed by atoms with van der Waals surface area (Å²) in [7, 11) is 0. The van der Waals surface area contributed by atoms with Crippen LogP contribution in [-0.2, 0) is 14.3 Å². The molecule has 0 atom stereocenters. The highest BCUT2D eigenvalue weighted by Crippen LogP contribution is 2.22. The molecule has 0 fully saturated rings. The van der Waals surface area contributed by atoms with Gasteiger partial charge in [0, 0.05) is 11.4 Å². The molecule has 0 N–H and O–H groups in total. The molecule has 1 amide bonds. The molecule has 0 saturated carbocycles. The second-order valence-electron chi connectivity index (χ2n) is 4.42. The van der Waals surface area contributed by atoms with E-state index in [4.69, 9.17) is 4.74 Å². The highest BCUT2D eigenvalue weighted by Gasteiger charge is 2.17. The van der Waals surface area contributed by atoms with Crippen LogP contribution in [0, 0.1) is 6.92 Å². The van der Waals surface area contributed by atoms with Gasteiger partial charge in [0.05, 0.1) is 12.4 Å². The van der Waals surface area contributed by atoms with Crippen molar-refractivity contribution in [3.63, 3.8) is 0 Å². The van der Waals surface area contributed by atoms with Gasteiger partial charge in [0.25, 0.3) is 0 Å². The molecular formula is C16H21NO3S. The fraction of sp³-hybridized carbons (Fsp3) is 0.375. The van der Waals surface area contributed by atoms with Gasteiger partial charge in [-0.2, -0.15) is 0 Å². The van der Waals surface area contributed by atoms with Crippen molar-refractivity contribution >= 4 is 23.6 Å². The molecule has 1 aromatic carbocycles. The van der Waals surface area contributed by atoms with Gasteiger partial charge in [0.15, 0.2) is 0 Å². The number of aryl methyl sites for hydroxylation is 1. The molecule has 0 aromatic heterocycles. The zero-order chi connectivity index (χ0) is 15.7. The lowest BCUT2D eigenvalue weighted by Crippen LogP contribution is -2.37. The minimum absolute atomic E-state index is 0.0347. The van der Waals surface area contributed by atoms with Gasteiger partial charge < -0.3 is 9.64 Å². The Hall–Kier alpha value is -1.75. The summed E-state index contributed by atoms with van der Waals surface area (Å²) in [5, 5.41) is 0. The Labute approximate surface area is 130 Å². The zero-order valence-electron chi connectivity index (χ0n) is 12.5. The molecule has 0 aliphatic heterocycles. The number of amides is 1. The van der Waals surface area contributed by atoms with Crippen molar-refractivity contribution in [3.05, 3.63) is 42.5 Å². The Balaban J connectivity index is 2.58. The molecule has 0 spiro atoms. The molecule has 4 nitrogen and oxygen atoms in total. The predicted octanol–water partition coefficient (Wildman–Crippen LogP) is 2.66. The molecule has 0 heterocycles. The Morgan fingerprint density at radius 3 is 2.71 bits per heavy atom. The predicted molar refractivity (Wildman–Crippen MR) is 85.3 cm³/mol. The zero-order valence-corrected chi connectivity index (χ0v) is 13.3. The summed E-state index contributed by atoms with van der Waals surface area (Å²) in [5.74, 6) is -0.206. The van der Waals surface area contributed by atoms with Crippen molar-refractivity contribution in [2.24, 2.45) is 0 Å². The number of thioether (sulfide) groups is 1. The van der Waals surface area contributed by atoms with Gasteiger partial charge in [-0.25, -0.2) is 0 Å². The molecular weight excluding hydrogens is 286 g/mol. The molecule has 1 rings (SSSR count). The van der Waals surface area contributed by atoms with E-state index in [1.54, 1.807) is 13.0 Å². The molecule has 0 unspecified atom stereocenters. The smallest absolute Gasteiger partial charge is 0.325 e. The summed E-state index contributed by atoms with van der Waals surface area (Å²) in [6, 6.07) is 7.90. The lowest BCUT2D eigenvalue weighted by Gasteiger charge is -2.20. The summed E-state index contributed by atoms with van der Waals surface area (Å²) in [5.41, 5.74) is 1.14. The van der Waals surface area contributed by atoms with Gasteiger partial charge in [0.1, 0.15) is 6.54 Å². The summed E-state index contributed by atoms with van der Waals surface area (Å²) < 4.78 is 4.88. The number of hydrogen-bond donors (Lipinski definition) is 0. The molecule has 0 saturated heterocycles. The minimum atomic E-state index is -0.395. The highest BCUT2D eigenvalue weighted by atomic mass is 32.2. The normalized spacial score (nSPS) is 10.0. The maximum absolute atomic E-state index is 12.2. The first-order valence-corrected chi connectivity index (χ1v) is 7.79. The van der Waals surface area contributed by atoms with E-state index in [0.717, 1.165) is 10.5 Å². The number of carbonyl (C=O) groups excluding carboxylic acids is 2. The number of benzene rings is 1. The van der Waals surface area contributed by atoms with E-state index < -0.39 is 5.97 Å². The van der Waals surface area contributed by atoms with Crippen molar-refractivity contribution in [1.29, 1.82) is 0 Å². The molecule has 0 aliphatic rings. The van der Waals surface area contributed by atoms with E-state index in [0.29, 0.717) is 13.2 Å². The van der Waals surface area contributed by atoms with Crippen molar-refractivity contribution < 1.29 is 14.3 Å². The van der Waals surface area contributed by atoms with E-state index in [1.807, 2.05) is 31.2 Å². The Bertz CT molecular complexity index is 502. The van der Waals surface area contributed by atoms with E-state index >= 15 is 0 Å². The highest BCUT2D eigenvalue weighted by molar-refractivity contribution is 8.00. The molecule has 0 bridgehead atoms. The van der Waals surface area contributed by atoms with Crippen LogP contribution in [0.3, 0.4) is 0 Å². The van der Waals surface area contributed by atoms with Crippen LogP contribution in [0.25, 0.3) is 0 Å². The molecule has 1 aromatic rings. The standard InChI is InChI=1S/C16H21NO3S/c1-4-10-17(11-16(19)20-5-2)15(18)12-21-14-9-7-6-8-13(14)3/h4,6-9H,1,5,10-12H2,2-3H3. The van der Waals surface area contributed by atoms with Crippen molar-refractivity contribution in [1.82, 2.24) is 4.90 Å². The first-order valence-electron chi connectivity index (χ1n) is 6.81. The van der Waals surface area contributed by atoms with Crippen molar-refractivity contribution in [3.8, 4) is 0 Å². The van der Waals surface area contributed by atoms with Crippen LogP contribution in [0.15, 0.2) is 41.8 Å². The molecule has 114 valence electrons. The van der Waals surface area contributed by atoms with Crippen LogP contribution >= 0.6 is 11.8 Å². The average Bonchev–Trinajstić information content (AvgIpc) is 2.46.